The molecule has 0 bridgehead atoms. The maximum absolute atomic E-state index is 13.7. The molecule has 0 aliphatic carbocycles. The smallest absolute Gasteiger partial charge is 0.242 e. The number of rotatable bonds is 17. The average Bonchev–Trinajstić information content (AvgIpc) is 3.39. The fraction of sp³-hybridized carbons (Fsp3) is 0.455. The summed E-state index contributed by atoms with van der Waals surface area (Å²) in [6.07, 6.45) is 8.90. The highest BCUT2D eigenvalue weighted by Gasteiger charge is 2.22. The lowest BCUT2D eigenvalue weighted by Crippen LogP contribution is -2.43. The minimum absolute atomic E-state index is 0.0271. The van der Waals surface area contributed by atoms with Gasteiger partial charge < -0.3 is 19.1 Å². The predicted molar refractivity (Wildman–Crippen MR) is 157 cm³/mol. The van der Waals surface area contributed by atoms with Crippen LogP contribution in [0, 0.1) is 0 Å². The summed E-state index contributed by atoms with van der Waals surface area (Å²) in [5, 5.41) is 0. The van der Waals surface area contributed by atoms with Gasteiger partial charge in [-0.2, -0.15) is 0 Å². The second kappa shape index (κ2) is 16.4. The van der Waals surface area contributed by atoms with E-state index in [0.717, 1.165) is 48.3 Å². The van der Waals surface area contributed by atoms with Crippen LogP contribution in [-0.4, -0.2) is 46.4 Å². The first kappa shape index (κ1) is 30.0. The van der Waals surface area contributed by atoms with E-state index in [2.05, 4.69) is 30.5 Å². The molecule has 0 spiro atoms. The summed E-state index contributed by atoms with van der Waals surface area (Å²) in [6, 6.07) is 22.2. The highest BCUT2D eigenvalue weighted by atomic mass is 16.5. The van der Waals surface area contributed by atoms with E-state index in [4.69, 9.17) is 4.74 Å². The zero-order chi connectivity index (χ0) is 27.9. The Labute approximate surface area is 234 Å². The van der Waals surface area contributed by atoms with Crippen molar-refractivity contribution >= 4 is 11.8 Å². The summed E-state index contributed by atoms with van der Waals surface area (Å²) < 4.78 is 7.56. The van der Waals surface area contributed by atoms with Gasteiger partial charge >= 0.3 is 0 Å². The van der Waals surface area contributed by atoms with Crippen molar-refractivity contribution in [3.05, 3.63) is 89.7 Å². The highest BCUT2D eigenvalue weighted by Crippen LogP contribution is 2.17. The Balaban J connectivity index is 1.73. The third kappa shape index (κ3) is 9.93. The predicted octanol–water partition coefficient (Wildman–Crippen LogP) is 6.67. The molecule has 210 valence electrons. The largest absolute Gasteiger partial charge is 0.497 e. The van der Waals surface area contributed by atoms with Crippen LogP contribution < -0.4 is 4.74 Å². The number of nitrogens with zero attached hydrogens (tertiary/aromatic N) is 3. The molecule has 2 aromatic carbocycles. The maximum Gasteiger partial charge on any atom is 0.242 e. The Bertz CT molecular complexity index is 1140. The Kier molecular flexibility index (Phi) is 12.6. The molecule has 2 amide bonds. The zero-order valence-electron chi connectivity index (χ0n) is 24.0. The first-order valence-corrected chi connectivity index (χ1v) is 14.4. The first-order chi connectivity index (χ1) is 19.0. The van der Waals surface area contributed by atoms with Crippen molar-refractivity contribution in [1.82, 2.24) is 14.4 Å². The number of methoxy groups -OCH3 is 1. The van der Waals surface area contributed by atoms with E-state index in [-0.39, 0.29) is 18.4 Å². The van der Waals surface area contributed by atoms with Gasteiger partial charge in [-0.15, -0.1) is 0 Å². The molecule has 0 saturated carbocycles. The number of ether oxygens (including phenoxy) is 1. The summed E-state index contributed by atoms with van der Waals surface area (Å²) >= 11 is 0. The van der Waals surface area contributed by atoms with Crippen LogP contribution in [0.2, 0.25) is 0 Å². The van der Waals surface area contributed by atoms with Gasteiger partial charge in [0.1, 0.15) is 5.75 Å². The molecule has 0 fully saturated rings. The molecule has 0 aliphatic heterocycles. The monoisotopic (exact) mass is 531 g/mol. The molecular weight excluding hydrogens is 486 g/mol. The number of hydrogen-bond acceptors (Lipinski definition) is 3. The zero-order valence-corrected chi connectivity index (χ0v) is 24.0. The normalized spacial score (nSPS) is 10.8. The van der Waals surface area contributed by atoms with Crippen molar-refractivity contribution in [3.63, 3.8) is 0 Å². The standard InChI is InChI=1S/C33H45N3O3/c1-4-6-7-8-12-20-32(37)35(21-5-2)27-33(38)36(24-28-15-10-9-11-16-28)26-30-18-14-22-34(30)25-29-17-13-19-31(23-29)39-3/h9-11,13-19,22-23H,4-8,12,20-21,24-27H2,1-3H3. The van der Waals surface area contributed by atoms with Gasteiger partial charge in [-0.1, -0.05) is 82.0 Å². The second-order valence-corrected chi connectivity index (χ2v) is 10.2. The van der Waals surface area contributed by atoms with Crippen molar-refractivity contribution in [2.75, 3.05) is 20.2 Å². The van der Waals surface area contributed by atoms with E-state index in [9.17, 15) is 9.59 Å². The van der Waals surface area contributed by atoms with Crippen LogP contribution in [0.25, 0.3) is 0 Å². The van der Waals surface area contributed by atoms with Crippen molar-refractivity contribution in [1.29, 1.82) is 0 Å². The van der Waals surface area contributed by atoms with E-state index in [0.29, 0.717) is 32.6 Å². The van der Waals surface area contributed by atoms with Crippen molar-refractivity contribution in [3.8, 4) is 5.75 Å². The molecule has 1 aromatic heterocycles. The van der Waals surface area contributed by atoms with E-state index in [1.54, 1.807) is 12.0 Å². The molecule has 0 atom stereocenters. The fourth-order valence-electron chi connectivity index (χ4n) is 4.81. The third-order valence-electron chi connectivity index (χ3n) is 7.00. The molecule has 1 heterocycles. The van der Waals surface area contributed by atoms with Gasteiger partial charge in [0, 0.05) is 37.9 Å². The summed E-state index contributed by atoms with van der Waals surface area (Å²) in [6.45, 7) is 6.61. The summed E-state index contributed by atoms with van der Waals surface area (Å²) in [5.41, 5.74) is 3.25. The summed E-state index contributed by atoms with van der Waals surface area (Å²) in [4.78, 5) is 30.4. The number of carbonyl (C=O) groups is 2. The number of carbonyl (C=O) groups excluding carboxylic acids is 2. The summed E-state index contributed by atoms with van der Waals surface area (Å²) in [5.74, 6) is 0.886. The molecule has 3 rings (SSSR count). The van der Waals surface area contributed by atoms with Crippen LogP contribution in [0.3, 0.4) is 0 Å². The molecule has 6 heteroatoms. The molecule has 0 radical (unpaired) electrons. The number of unbranched alkanes of at least 4 members (excludes halogenated alkanes) is 4. The van der Waals surface area contributed by atoms with Crippen LogP contribution >= 0.6 is 0 Å². The van der Waals surface area contributed by atoms with Gasteiger partial charge in [0.25, 0.3) is 0 Å². The number of aromatic nitrogens is 1. The molecule has 0 unspecified atom stereocenters. The summed E-state index contributed by atoms with van der Waals surface area (Å²) in [7, 11) is 1.67. The highest BCUT2D eigenvalue weighted by molar-refractivity contribution is 5.84. The van der Waals surface area contributed by atoms with Gasteiger partial charge in [-0.3, -0.25) is 9.59 Å². The third-order valence-corrected chi connectivity index (χ3v) is 7.00. The van der Waals surface area contributed by atoms with Gasteiger partial charge in [-0.25, -0.2) is 0 Å². The maximum atomic E-state index is 13.7. The van der Waals surface area contributed by atoms with Crippen LogP contribution in [0.15, 0.2) is 72.9 Å². The fourth-order valence-corrected chi connectivity index (χ4v) is 4.81. The van der Waals surface area contributed by atoms with E-state index >= 15 is 0 Å². The molecule has 0 saturated heterocycles. The SMILES string of the molecule is CCCCCCCC(=O)N(CCC)CC(=O)N(Cc1ccccc1)Cc1cccn1Cc1cccc(OC)c1. The van der Waals surface area contributed by atoms with Gasteiger partial charge in [0.05, 0.1) is 20.2 Å². The van der Waals surface area contributed by atoms with Gasteiger partial charge in [0.15, 0.2) is 0 Å². The van der Waals surface area contributed by atoms with E-state index in [1.165, 1.54) is 12.8 Å². The molecule has 3 aromatic rings. The number of amides is 2. The Morgan fingerprint density at radius 2 is 1.54 bits per heavy atom. The minimum Gasteiger partial charge on any atom is -0.497 e. The first-order valence-electron chi connectivity index (χ1n) is 14.4. The van der Waals surface area contributed by atoms with Crippen molar-refractivity contribution in [2.24, 2.45) is 0 Å². The van der Waals surface area contributed by atoms with Crippen molar-refractivity contribution < 1.29 is 14.3 Å². The lowest BCUT2D eigenvalue weighted by molar-refractivity contribution is -0.141. The van der Waals surface area contributed by atoms with Crippen LogP contribution in [0.1, 0.15) is 75.6 Å². The Hall–Kier alpha value is -3.54. The van der Waals surface area contributed by atoms with E-state index in [1.807, 2.05) is 65.7 Å². The molecule has 39 heavy (non-hydrogen) atoms. The molecular formula is C33H45N3O3. The van der Waals surface area contributed by atoms with Crippen LogP contribution in [0.4, 0.5) is 0 Å². The quantitative estimate of drug-likeness (QED) is 0.183. The molecule has 0 N–H and O–H groups in total. The lowest BCUT2D eigenvalue weighted by atomic mass is 10.1. The number of hydrogen-bond donors (Lipinski definition) is 0. The minimum atomic E-state index is -0.0271. The second-order valence-electron chi connectivity index (χ2n) is 10.2. The lowest BCUT2D eigenvalue weighted by Gasteiger charge is -2.28. The van der Waals surface area contributed by atoms with Crippen LogP contribution in [-0.2, 0) is 29.2 Å². The van der Waals surface area contributed by atoms with Crippen molar-refractivity contribution in [2.45, 2.75) is 78.4 Å². The molecule has 0 aliphatic rings. The Morgan fingerprint density at radius 3 is 2.28 bits per heavy atom. The van der Waals surface area contributed by atoms with E-state index < -0.39 is 0 Å². The van der Waals surface area contributed by atoms with Gasteiger partial charge in [-0.05, 0) is 48.2 Å². The Morgan fingerprint density at radius 1 is 0.769 bits per heavy atom. The van der Waals surface area contributed by atoms with Gasteiger partial charge in [0.2, 0.25) is 11.8 Å². The van der Waals surface area contributed by atoms with Crippen LogP contribution in [0.5, 0.6) is 5.75 Å². The number of benzene rings is 2. The average molecular weight is 532 g/mol. The molecule has 6 nitrogen and oxygen atoms in total. The topological polar surface area (TPSA) is 54.8 Å².